The Kier molecular flexibility index (Phi) is 5.78. The lowest BCUT2D eigenvalue weighted by atomic mass is 11.8. The van der Waals surface area contributed by atoms with Gasteiger partial charge in [-0.1, -0.05) is 0 Å². The summed E-state index contributed by atoms with van der Waals surface area (Å²) >= 11 is 0. The molecule has 0 unspecified atom stereocenters. The van der Waals surface area contributed by atoms with Crippen LogP contribution in [0.25, 0.3) is 0 Å². The van der Waals surface area contributed by atoms with Gasteiger partial charge in [-0.2, -0.15) is 0 Å². The molecule has 0 heterocycles. The molecule has 0 aromatic rings. The first kappa shape index (κ1) is 14.5. The molecule has 0 aliphatic rings. The molecule has 0 saturated carbocycles. The Morgan fingerprint density at radius 1 is 1.00 bits per heavy atom. The van der Waals surface area contributed by atoms with Gasteiger partial charge in [0.05, 0.1) is 0 Å². The van der Waals surface area contributed by atoms with Crippen LogP contribution in [-0.2, 0) is 13.0 Å². The van der Waals surface area contributed by atoms with Crippen molar-refractivity contribution in [3.8, 4) is 0 Å². The maximum atomic E-state index is 6.09. The highest BCUT2D eigenvalue weighted by Crippen LogP contribution is 2.22. The summed E-state index contributed by atoms with van der Waals surface area (Å²) in [7, 11) is -0.959. The number of hydrogen-bond acceptors (Lipinski definition) is 3. The molecule has 6 heteroatoms. The zero-order chi connectivity index (χ0) is 11.4. The van der Waals surface area contributed by atoms with E-state index in [0.717, 1.165) is 5.67 Å². The zero-order valence-corrected chi connectivity index (χ0v) is 13.7. The highest BCUT2D eigenvalue weighted by Gasteiger charge is 2.39. The molecule has 14 heavy (non-hydrogen) atoms. The van der Waals surface area contributed by atoms with Crippen molar-refractivity contribution in [3.63, 3.8) is 0 Å². The van der Waals surface area contributed by atoms with Gasteiger partial charge in [-0.25, -0.2) is 0 Å². The molecule has 0 atom stereocenters. The molecule has 0 fully saturated rings. The molecule has 0 aliphatic heterocycles. The van der Waals surface area contributed by atoms with E-state index in [-0.39, 0.29) is 0 Å². The molecule has 0 N–H and O–H groups in total. The second-order valence-corrected chi connectivity index (χ2v) is 15.7. The summed E-state index contributed by atoms with van der Waals surface area (Å²) in [6.45, 7) is 11.0. The van der Waals surface area contributed by atoms with Crippen LogP contribution in [0.2, 0.25) is 38.4 Å². The van der Waals surface area contributed by atoms with Crippen LogP contribution in [0.3, 0.4) is 0 Å². The summed E-state index contributed by atoms with van der Waals surface area (Å²) in [5.74, 6) is 0. The normalized spacial score (nSPS) is 13.7. The van der Waals surface area contributed by atoms with Gasteiger partial charge in [-0.3, -0.25) is 0 Å². The Labute approximate surface area is 91.9 Å². The highest BCUT2D eigenvalue weighted by atomic mass is 28.4. The minimum Gasteiger partial charge on any atom is -0.458 e. The Hall–Kier alpha value is 0.531. The summed E-state index contributed by atoms with van der Waals surface area (Å²) < 4.78 is 17.1. The number of rotatable bonds is 6. The molecule has 0 amide bonds. The summed E-state index contributed by atoms with van der Waals surface area (Å²) in [6.07, 6.45) is 0. The first-order valence-corrected chi connectivity index (χ1v) is 13.4. The molecule has 0 saturated heterocycles. The summed E-state index contributed by atoms with van der Waals surface area (Å²) in [5, 5.41) is 0. The van der Waals surface area contributed by atoms with Crippen LogP contribution in [-0.4, -0.2) is 40.1 Å². The summed E-state index contributed by atoms with van der Waals surface area (Å²) in [4.78, 5) is 0. The third kappa shape index (κ3) is 5.42. The third-order valence-electron chi connectivity index (χ3n) is 2.17. The fourth-order valence-electron chi connectivity index (χ4n) is 1.68. The van der Waals surface area contributed by atoms with Crippen LogP contribution < -0.4 is 0 Å². The maximum Gasteiger partial charge on any atom is 0.333 e. The van der Waals surface area contributed by atoms with E-state index in [4.69, 9.17) is 13.0 Å². The van der Waals surface area contributed by atoms with Gasteiger partial charge in [0.25, 0.3) is 0 Å². The van der Waals surface area contributed by atoms with Crippen LogP contribution in [0.1, 0.15) is 0 Å². The minimum absolute atomic E-state index is 0.934. The molecular formula is C8H24O3Si3. The van der Waals surface area contributed by atoms with Crippen LogP contribution in [0, 0.1) is 0 Å². The van der Waals surface area contributed by atoms with E-state index in [1.165, 1.54) is 0 Å². The summed E-state index contributed by atoms with van der Waals surface area (Å²) in [6, 6.07) is 0. The number of hydrogen-bond donors (Lipinski definition) is 0. The fraction of sp³-hybridized carbons (Fsp3) is 1.00. The van der Waals surface area contributed by atoms with Crippen LogP contribution in [0.5, 0.6) is 0 Å². The van der Waals surface area contributed by atoms with Gasteiger partial charge in [-0.15, -0.1) is 0 Å². The average Bonchev–Trinajstić information content (AvgIpc) is 2.01. The van der Waals surface area contributed by atoms with Crippen molar-refractivity contribution in [2.75, 3.05) is 14.2 Å². The zero-order valence-electron chi connectivity index (χ0n) is 10.5. The van der Waals surface area contributed by atoms with E-state index in [1.807, 2.05) is 0 Å². The smallest absolute Gasteiger partial charge is 0.333 e. The quantitative estimate of drug-likeness (QED) is 0.678. The largest absolute Gasteiger partial charge is 0.458 e. The topological polar surface area (TPSA) is 27.7 Å². The van der Waals surface area contributed by atoms with Crippen molar-refractivity contribution in [1.82, 2.24) is 0 Å². The van der Waals surface area contributed by atoms with E-state index in [9.17, 15) is 0 Å². The van der Waals surface area contributed by atoms with E-state index < -0.39 is 25.9 Å². The molecule has 0 aromatic heterocycles. The molecule has 0 radical (unpaired) electrons. The predicted octanol–water partition coefficient (Wildman–Crippen LogP) is 2.10. The van der Waals surface area contributed by atoms with Crippen LogP contribution in [0.4, 0.5) is 0 Å². The fourth-order valence-corrected chi connectivity index (χ4v) is 15.4. The van der Waals surface area contributed by atoms with Gasteiger partial charge in [0, 0.05) is 19.9 Å². The standard InChI is InChI=1S/C8H24O3Si3/c1-9-14(7,10-2)8-13(5,6)11-12(3)4/h12H,8H2,1-7H3. The highest BCUT2D eigenvalue weighted by molar-refractivity contribution is 6.90. The van der Waals surface area contributed by atoms with Crippen molar-refractivity contribution in [2.24, 2.45) is 0 Å². The van der Waals surface area contributed by atoms with E-state index >= 15 is 0 Å². The summed E-state index contributed by atoms with van der Waals surface area (Å²) in [5.41, 5.74) is 1.01. The van der Waals surface area contributed by atoms with E-state index in [2.05, 4.69) is 32.7 Å². The van der Waals surface area contributed by atoms with Gasteiger partial charge < -0.3 is 13.0 Å². The van der Waals surface area contributed by atoms with Gasteiger partial charge >= 0.3 is 8.56 Å². The second kappa shape index (κ2) is 5.57. The van der Waals surface area contributed by atoms with Crippen molar-refractivity contribution in [3.05, 3.63) is 0 Å². The Morgan fingerprint density at radius 3 is 1.71 bits per heavy atom. The van der Waals surface area contributed by atoms with E-state index in [1.54, 1.807) is 14.2 Å². The first-order valence-electron chi connectivity index (χ1n) is 5.03. The molecule has 0 aliphatic carbocycles. The third-order valence-corrected chi connectivity index (χ3v) is 14.3. The molecular weight excluding hydrogens is 228 g/mol. The van der Waals surface area contributed by atoms with Gasteiger partial charge in [-0.05, 0) is 32.7 Å². The lowest BCUT2D eigenvalue weighted by Crippen LogP contribution is -2.48. The molecule has 3 nitrogen and oxygen atoms in total. The van der Waals surface area contributed by atoms with Crippen LogP contribution in [0.15, 0.2) is 0 Å². The monoisotopic (exact) mass is 252 g/mol. The predicted molar refractivity (Wildman–Crippen MR) is 67.9 cm³/mol. The average molecular weight is 253 g/mol. The molecule has 0 spiro atoms. The lowest BCUT2D eigenvalue weighted by Gasteiger charge is -2.32. The van der Waals surface area contributed by atoms with Gasteiger partial charge in [0.2, 0.25) is 0 Å². The molecule has 0 aromatic carbocycles. The molecule has 86 valence electrons. The van der Waals surface area contributed by atoms with Crippen molar-refractivity contribution >= 4 is 25.9 Å². The maximum absolute atomic E-state index is 6.09. The van der Waals surface area contributed by atoms with Crippen LogP contribution >= 0.6 is 0 Å². The molecule has 0 bridgehead atoms. The first-order chi connectivity index (χ1) is 6.24. The lowest BCUT2D eigenvalue weighted by molar-refractivity contribution is 0.253. The Morgan fingerprint density at radius 2 is 1.43 bits per heavy atom. The van der Waals surface area contributed by atoms with Gasteiger partial charge in [0.15, 0.2) is 17.4 Å². The van der Waals surface area contributed by atoms with Crippen molar-refractivity contribution < 1.29 is 13.0 Å². The Balaban J connectivity index is 4.32. The minimum atomic E-state index is -1.94. The molecule has 0 rings (SSSR count). The van der Waals surface area contributed by atoms with Gasteiger partial charge in [0.1, 0.15) is 0 Å². The SMILES string of the molecule is CO[Si](C)(C[Si](C)(C)O[SiH](C)C)OC. The van der Waals surface area contributed by atoms with E-state index in [0.29, 0.717) is 0 Å². The van der Waals surface area contributed by atoms with Crippen molar-refractivity contribution in [2.45, 2.75) is 38.4 Å². The Bertz CT molecular complexity index is 169. The second-order valence-electron chi connectivity index (χ2n) is 4.65. The van der Waals surface area contributed by atoms with Crippen molar-refractivity contribution in [1.29, 1.82) is 0 Å².